The Morgan fingerprint density at radius 3 is 3.05 bits per heavy atom. The lowest BCUT2D eigenvalue weighted by molar-refractivity contribution is 0.415. The molecule has 1 aromatic carbocycles. The number of pyridine rings is 1. The van der Waals surface area contributed by atoms with Crippen LogP contribution in [-0.4, -0.2) is 17.1 Å². The molecule has 0 amide bonds. The topological polar surface area (TPSA) is 49.9 Å². The molecule has 21 heavy (non-hydrogen) atoms. The number of halogens is 1. The monoisotopic (exact) mass is 299 g/mol. The Bertz CT molecular complexity index is 828. The second-order valence-corrected chi connectivity index (χ2v) is 5.58. The van der Waals surface area contributed by atoms with Gasteiger partial charge in [0.05, 0.1) is 13.2 Å². The molecule has 1 aliphatic heterocycles. The van der Waals surface area contributed by atoms with Crippen molar-refractivity contribution in [3.05, 3.63) is 52.8 Å². The number of ether oxygens (including phenoxy) is 1. The van der Waals surface area contributed by atoms with Gasteiger partial charge in [0.15, 0.2) is 0 Å². The van der Waals surface area contributed by atoms with E-state index < -0.39 is 0 Å². The van der Waals surface area contributed by atoms with Gasteiger partial charge in [0.2, 0.25) is 0 Å². The lowest BCUT2D eigenvalue weighted by atomic mass is 10.0. The van der Waals surface area contributed by atoms with Crippen molar-refractivity contribution >= 4 is 28.3 Å². The minimum absolute atomic E-state index is 0.174. The van der Waals surface area contributed by atoms with Crippen molar-refractivity contribution in [2.75, 3.05) is 12.4 Å². The van der Waals surface area contributed by atoms with Crippen LogP contribution in [0.5, 0.6) is 5.75 Å². The van der Waals surface area contributed by atoms with E-state index >= 15 is 0 Å². The zero-order chi connectivity index (χ0) is 14.4. The largest absolute Gasteiger partial charge is 0.497 e. The Morgan fingerprint density at radius 2 is 2.24 bits per heavy atom. The number of aromatic nitrogens is 2. The molecule has 0 bridgehead atoms. The molecule has 1 aliphatic rings. The molecular weight excluding hydrogens is 286 g/mol. The number of nitrogens with one attached hydrogen (secondary N) is 2. The standard InChI is InChI=1S/C16H14ClN3O/c1-21-9-2-3-14-10(6-9)12(8-19-14)15-7-11-13(17)4-5-18-16(11)20-15/h2-6,8,15,19H,7H2,1H3,(H,18,20). The minimum Gasteiger partial charge on any atom is -0.497 e. The van der Waals surface area contributed by atoms with E-state index in [9.17, 15) is 0 Å². The first-order valence-corrected chi connectivity index (χ1v) is 7.19. The molecule has 0 fully saturated rings. The Balaban J connectivity index is 1.77. The molecule has 4 rings (SSSR count). The van der Waals surface area contributed by atoms with Gasteiger partial charge in [-0.3, -0.25) is 0 Å². The zero-order valence-electron chi connectivity index (χ0n) is 11.5. The van der Waals surface area contributed by atoms with Crippen LogP contribution in [0.25, 0.3) is 10.9 Å². The molecule has 2 N–H and O–H groups in total. The summed E-state index contributed by atoms with van der Waals surface area (Å²) in [5.41, 5.74) is 3.39. The predicted octanol–water partition coefficient (Wildman–Crippen LogP) is 3.93. The molecule has 0 saturated heterocycles. The highest BCUT2D eigenvalue weighted by molar-refractivity contribution is 6.31. The third-order valence-corrected chi connectivity index (χ3v) is 4.37. The Hall–Kier alpha value is -2.20. The third kappa shape index (κ3) is 1.94. The average Bonchev–Trinajstić information content (AvgIpc) is 3.10. The van der Waals surface area contributed by atoms with Crippen molar-refractivity contribution in [3.63, 3.8) is 0 Å². The van der Waals surface area contributed by atoms with Crippen molar-refractivity contribution in [2.45, 2.75) is 12.5 Å². The highest BCUT2D eigenvalue weighted by atomic mass is 35.5. The van der Waals surface area contributed by atoms with E-state index in [0.29, 0.717) is 0 Å². The quantitative estimate of drug-likeness (QED) is 0.753. The summed E-state index contributed by atoms with van der Waals surface area (Å²) in [6, 6.07) is 8.06. The molecular formula is C16H14ClN3O. The van der Waals surface area contributed by atoms with Gasteiger partial charge < -0.3 is 15.0 Å². The second-order valence-electron chi connectivity index (χ2n) is 5.18. The lowest BCUT2D eigenvalue weighted by Crippen LogP contribution is -2.05. The number of fused-ring (bicyclic) bond motifs is 2. The first-order chi connectivity index (χ1) is 10.3. The highest BCUT2D eigenvalue weighted by Gasteiger charge is 2.26. The van der Waals surface area contributed by atoms with E-state index in [2.05, 4.69) is 21.4 Å². The molecule has 1 atom stereocenters. The maximum atomic E-state index is 6.25. The molecule has 0 aliphatic carbocycles. The molecule has 5 heteroatoms. The van der Waals surface area contributed by atoms with Gasteiger partial charge in [0.25, 0.3) is 0 Å². The van der Waals surface area contributed by atoms with Crippen LogP contribution < -0.4 is 10.1 Å². The first kappa shape index (κ1) is 12.5. The summed E-state index contributed by atoms with van der Waals surface area (Å²) in [6.07, 6.45) is 4.61. The number of H-pyrrole nitrogens is 1. The van der Waals surface area contributed by atoms with Crippen molar-refractivity contribution in [1.29, 1.82) is 0 Å². The van der Waals surface area contributed by atoms with Crippen molar-refractivity contribution in [3.8, 4) is 5.75 Å². The van der Waals surface area contributed by atoms with Crippen LogP contribution in [0, 0.1) is 0 Å². The molecule has 106 valence electrons. The highest BCUT2D eigenvalue weighted by Crippen LogP contribution is 2.39. The average molecular weight is 300 g/mol. The van der Waals surface area contributed by atoms with Crippen LogP contribution in [0.2, 0.25) is 5.02 Å². The number of nitrogens with zero attached hydrogens (tertiary/aromatic N) is 1. The summed E-state index contributed by atoms with van der Waals surface area (Å²) in [7, 11) is 1.68. The Labute approximate surface area is 127 Å². The van der Waals surface area contributed by atoms with E-state index in [1.165, 1.54) is 5.56 Å². The summed E-state index contributed by atoms with van der Waals surface area (Å²) < 4.78 is 5.32. The van der Waals surface area contributed by atoms with E-state index in [4.69, 9.17) is 16.3 Å². The van der Waals surface area contributed by atoms with Gasteiger partial charge in [0.1, 0.15) is 11.6 Å². The van der Waals surface area contributed by atoms with E-state index in [0.717, 1.165) is 39.5 Å². The number of hydrogen-bond acceptors (Lipinski definition) is 3. The number of hydrogen-bond donors (Lipinski definition) is 2. The minimum atomic E-state index is 0.174. The van der Waals surface area contributed by atoms with Crippen LogP contribution >= 0.6 is 11.6 Å². The number of benzene rings is 1. The molecule has 0 radical (unpaired) electrons. The molecule has 3 heterocycles. The van der Waals surface area contributed by atoms with Gasteiger partial charge in [-0.25, -0.2) is 4.98 Å². The molecule has 0 saturated carbocycles. The molecule has 3 aromatic rings. The van der Waals surface area contributed by atoms with Gasteiger partial charge in [-0.2, -0.15) is 0 Å². The molecule has 1 unspecified atom stereocenters. The van der Waals surface area contributed by atoms with Crippen molar-refractivity contribution in [1.82, 2.24) is 9.97 Å². The second kappa shape index (κ2) is 4.67. The van der Waals surface area contributed by atoms with Crippen LogP contribution in [0.15, 0.2) is 36.7 Å². The maximum absolute atomic E-state index is 6.25. The number of anilines is 1. The Morgan fingerprint density at radius 1 is 1.33 bits per heavy atom. The van der Waals surface area contributed by atoms with Gasteiger partial charge in [-0.05, 0) is 24.3 Å². The molecule has 4 nitrogen and oxygen atoms in total. The summed E-state index contributed by atoms with van der Waals surface area (Å²) >= 11 is 6.25. The van der Waals surface area contributed by atoms with Crippen LogP contribution in [0.4, 0.5) is 5.82 Å². The SMILES string of the molecule is COc1ccc2[nH]cc(C3Cc4c(Cl)ccnc4N3)c2c1. The third-order valence-electron chi connectivity index (χ3n) is 4.01. The summed E-state index contributed by atoms with van der Waals surface area (Å²) in [6.45, 7) is 0. The zero-order valence-corrected chi connectivity index (χ0v) is 12.2. The van der Waals surface area contributed by atoms with E-state index in [-0.39, 0.29) is 6.04 Å². The summed E-state index contributed by atoms with van der Waals surface area (Å²) in [5.74, 6) is 1.74. The number of methoxy groups -OCH3 is 1. The summed E-state index contributed by atoms with van der Waals surface area (Å²) in [4.78, 5) is 7.67. The lowest BCUT2D eigenvalue weighted by Gasteiger charge is -2.10. The molecule has 0 spiro atoms. The van der Waals surface area contributed by atoms with Crippen molar-refractivity contribution in [2.24, 2.45) is 0 Å². The molecule has 2 aromatic heterocycles. The van der Waals surface area contributed by atoms with Gasteiger partial charge in [0, 0.05) is 45.9 Å². The smallest absolute Gasteiger partial charge is 0.131 e. The Kier molecular flexibility index (Phi) is 2.79. The van der Waals surface area contributed by atoms with Gasteiger partial charge in [-0.1, -0.05) is 11.6 Å². The van der Waals surface area contributed by atoms with Crippen molar-refractivity contribution < 1.29 is 4.74 Å². The predicted molar refractivity (Wildman–Crippen MR) is 84.2 cm³/mol. The van der Waals surface area contributed by atoms with Crippen LogP contribution in [0.3, 0.4) is 0 Å². The normalized spacial score (nSPS) is 16.8. The first-order valence-electron chi connectivity index (χ1n) is 6.81. The van der Waals surface area contributed by atoms with E-state index in [1.54, 1.807) is 13.3 Å². The fourth-order valence-corrected chi connectivity index (χ4v) is 3.15. The van der Waals surface area contributed by atoms with Gasteiger partial charge in [-0.15, -0.1) is 0 Å². The fraction of sp³-hybridized carbons (Fsp3) is 0.188. The number of rotatable bonds is 2. The fourth-order valence-electron chi connectivity index (χ4n) is 2.93. The number of aromatic amines is 1. The van der Waals surface area contributed by atoms with Crippen LogP contribution in [0.1, 0.15) is 17.2 Å². The maximum Gasteiger partial charge on any atom is 0.131 e. The van der Waals surface area contributed by atoms with E-state index in [1.807, 2.05) is 24.4 Å². The summed E-state index contributed by atoms with van der Waals surface area (Å²) in [5, 5.41) is 5.38. The van der Waals surface area contributed by atoms with Crippen LogP contribution in [-0.2, 0) is 6.42 Å². The van der Waals surface area contributed by atoms with Gasteiger partial charge >= 0.3 is 0 Å².